The molecule has 0 aliphatic rings. The van der Waals surface area contributed by atoms with Crippen molar-refractivity contribution in [2.75, 3.05) is 13.6 Å². The van der Waals surface area contributed by atoms with Gasteiger partial charge < -0.3 is 5.32 Å². The Balaban J connectivity index is 2.62. The first-order valence-electron chi connectivity index (χ1n) is 5.63. The van der Waals surface area contributed by atoms with Gasteiger partial charge in [-0.3, -0.25) is 0 Å². The molecule has 1 rings (SSSR count). The maximum absolute atomic E-state index is 13.0. The Kier molecular flexibility index (Phi) is 4.87. The molecule has 2 atom stereocenters. The van der Waals surface area contributed by atoms with E-state index in [1.807, 2.05) is 7.05 Å². The zero-order valence-electron chi connectivity index (χ0n) is 10.1. The van der Waals surface area contributed by atoms with E-state index in [0.717, 1.165) is 18.5 Å². The summed E-state index contributed by atoms with van der Waals surface area (Å²) in [5, 5.41) is 3.12. The number of hydrogen-bond acceptors (Lipinski definition) is 1. The second-order valence-electron chi connectivity index (χ2n) is 4.46. The predicted octanol–water partition coefficient (Wildman–Crippen LogP) is 3.00. The Morgan fingerprint density at radius 2 is 1.81 bits per heavy atom. The molecule has 0 bridgehead atoms. The van der Waals surface area contributed by atoms with Crippen LogP contribution in [0.5, 0.6) is 0 Å². The molecular weight excluding hydrogens is 208 g/mol. The molecule has 0 aliphatic heterocycles. The fourth-order valence-corrected chi connectivity index (χ4v) is 1.76. The highest BCUT2D eigenvalue weighted by atomic mass is 19.2. The second kappa shape index (κ2) is 5.94. The molecule has 0 radical (unpaired) electrons. The van der Waals surface area contributed by atoms with E-state index in [0.29, 0.717) is 11.8 Å². The van der Waals surface area contributed by atoms with Crippen LogP contribution in [0.25, 0.3) is 0 Å². The minimum atomic E-state index is -0.778. The van der Waals surface area contributed by atoms with Crippen molar-refractivity contribution in [2.45, 2.75) is 20.3 Å². The van der Waals surface area contributed by atoms with E-state index in [1.165, 1.54) is 12.1 Å². The number of hydrogen-bond donors (Lipinski definition) is 1. The van der Waals surface area contributed by atoms with Crippen molar-refractivity contribution in [3.8, 4) is 0 Å². The number of benzene rings is 1. The van der Waals surface area contributed by atoms with E-state index in [9.17, 15) is 8.78 Å². The van der Waals surface area contributed by atoms with Gasteiger partial charge in [0.05, 0.1) is 0 Å². The average Bonchev–Trinajstić information content (AvgIpc) is 2.24. The van der Waals surface area contributed by atoms with Crippen LogP contribution in [0.4, 0.5) is 8.78 Å². The summed E-state index contributed by atoms with van der Waals surface area (Å²) in [7, 11) is 1.92. The first-order chi connectivity index (χ1) is 7.54. The third-order valence-corrected chi connectivity index (χ3v) is 3.04. The van der Waals surface area contributed by atoms with Crippen molar-refractivity contribution in [1.82, 2.24) is 5.32 Å². The Hall–Kier alpha value is -0.960. The van der Waals surface area contributed by atoms with E-state index in [1.54, 1.807) is 6.07 Å². The Bertz CT molecular complexity index is 339. The van der Waals surface area contributed by atoms with Gasteiger partial charge in [0.1, 0.15) is 0 Å². The van der Waals surface area contributed by atoms with Crippen molar-refractivity contribution in [3.63, 3.8) is 0 Å². The van der Waals surface area contributed by atoms with Gasteiger partial charge in [0, 0.05) is 0 Å². The van der Waals surface area contributed by atoms with Crippen molar-refractivity contribution >= 4 is 0 Å². The third-order valence-electron chi connectivity index (χ3n) is 3.04. The Labute approximate surface area is 95.9 Å². The molecule has 1 nitrogen and oxygen atoms in total. The molecule has 0 amide bonds. The van der Waals surface area contributed by atoms with Crippen LogP contribution in [0.1, 0.15) is 19.4 Å². The predicted molar refractivity (Wildman–Crippen MR) is 62.3 cm³/mol. The van der Waals surface area contributed by atoms with E-state index < -0.39 is 11.6 Å². The fourth-order valence-electron chi connectivity index (χ4n) is 1.76. The van der Waals surface area contributed by atoms with Gasteiger partial charge in [0.2, 0.25) is 0 Å². The van der Waals surface area contributed by atoms with Crippen LogP contribution in [0, 0.1) is 23.5 Å². The van der Waals surface area contributed by atoms with Crippen LogP contribution < -0.4 is 5.32 Å². The lowest BCUT2D eigenvalue weighted by Gasteiger charge is -2.19. The molecule has 0 aliphatic carbocycles. The van der Waals surface area contributed by atoms with Crippen molar-refractivity contribution in [3.05, 3.63) is 35.4 Å². The molecule has 90 valence electrons. The van der Waals surface area contributed by atoms with Gasteiger partial charge in [-0.05, 0) is 49.5 Å². The molecule has 16 heavy (non-hydrogen) atoms. The topological polar surface area (TPSA) is 12.0 Å². The summed E-state index contributed by atoms with van der Waals surface area (Å²) in [5.41, 5.74) is 0.856. The lowest BCUT2D eigenvalue weighted by atomic mass is 9.89. The lowest BCUT2D eigenvalue weighted by Crippen LogP contribution is -2.23. The summed E-state index contributed by atoms with van der Waals surface area (Å²) in [4.78, 5) is 0. The van der Waals surface area contributed by atoms with Crippen LogP contribution in [0.2, 0.25) is 0 Å². The van der Waals surface area contributed by atoms with Gasteiger partial charge in [0.15, 0.2) is 11.6 Å². The molecule has 0 aromatic heterocycles. The molecule has 2 unspecified atom stereocenters. The van der Waals surface area contributed by atoms with Gasteiger partial charge in [-0.25, -0.2) is 8.78 Å². The summed E-state index contributed by atoms with van der Waals surface area (Å²) >= 11 is 0. The lowest BCUT2D eigenvalue weighted by molar-refractivity contribution is 0.373. The van der Waals surface area contributed by atoms with Crippen molar-refractivity contribution < 1.29 is 8.78 Å². The van der Waals surface area contributed by atoms with Gasteiger partial charge in [-0.1, -0.05) is 19.9 Å². The molecule has 0 fully saturated rings. The van der Waals surface area contributed by atoms with E-state index in [2.05, 4.69) is 19.2 Å². The Morgan fingerprint density at radius 1 is 1.12 bits per heavy atom. The van der Waals surface area contributed by atoms with Crippen molar-refractivity contribution in [2.24, 2.45) is 11.8 Å². The minimum Gasteiger partial charge on any atom is -0.319 e. The van der Waals surface area contributed by atoms with E-state index >= 15 is 0 Å². The summed E-state index contributed by atoms with van der Waals surface area (Å²) < 4.78 is 25.7. The molecule has 0 saturated heterocycles. The molecule has 0 spiro atoms. The average molecular weight is 227 g/mol. The van der Waals surface area contributed by atoms with Crippen LogP contribution >= 0.6 is 0 Å². The summed E-state index contributed by atoms with van der Waals surface area (Å²) in [6, 6.07) is 4.14. The van der Waals surface area contributed by atoms with Crippen molar-refractivity contribution in [1.29, 1.82) is 0 Å². The minimum absolute atomic E-state index is 0.442. The second-order valence-corrected chi connectivity index (χ2v) is 4.46. The number of nitrogens with one attached hydrogen (secondary N) is 1. The normalized spacial score (nSPS) is 14.8. The quantitative estimate of drug-likeness (QED) is 0.815. The van der Waals surface area contributed by atoms with E-state index in [4.69, 9.17) is 0 Å². The van der Waals surface area contributed by atoms with Gasteiger partial charge in [-0.2, -0.15) is 0 Å². The fraction of sp³-hybridized carbons (Fsp3) is 0.538. The Morgan fingerprint density at radius 3 is 2.38 bits per heavy atom. The molecule has 1 aromatic rings. The monoisotopic (exact) mass is 227 g/mol. The highest BCUT2D eigenvalue weighted by molar-refractivity contribution is 5.18. The molecule has 3 heteroatoms. The van der Waals surface area contributed by atoms with Gasteiger partial charge in [0.25, 0.3) is 0 Å². The summed E-state index contributed by atoms with van der Waals surface area (Å²) in [6.45, 7) is 5.22. The van der Waals surface area contributed by atoms with E-state index in [-0.39, 0.29) is 0 Å². The molecule has 0 saturated carbocycles. The standard InChI is InChI=1S/C13H19F2N/c1-9(10(2)8-16-3)6-11-4-5-12(14)13(15)7-11/h4-5,7,9-10,16H,6,8H2,1-3H3. The molecular formula is C13H19F2N. The molecule has 1 aromatic carbocycles. The van der Waals surface area contributed by atoms with Crippen LogP contribution in [0.3, 0.4) is 0 Å². The maximum Gasteiger partial charge on any atom is 0.159 e. The first kappa shape index (κ1) is 13.1. The molecule has 0 heterocycles. The SMILES string of the molecule is CNCC(C)C(C)Cc1ccc(F)c(F)c1. The zero-order valence-corrected chi connectivity index (χ0v) is 10.1. The maximum atomic E-state index is 13.0. The van der Waals surface area contributed by atoms with Crippen LogP contribution in [0.15, 0.2) is 18.2 Å². The smallest absolute Gasteiger partial charge is 0.159 e. The van der Waals surface area contributed by atoms with Gasteiger partial charge in [-0.15, -0.1) is 0 Å². The number of halogens is 2. The van der Waals surface area contributed by atoms with Gasteiger partial charge >= 0.3 is 0 Å². The summed E-state index contributed by atoms with van der Waals surface area (Å²) in [6.07, 6.45) is 0.778. The molecule has 1 N–H and O–H groups in total. The zero-order chi connectivity index (χ0) is 12.1. The third kappa shape index (κ3) is 3.56. The first-order valence-corrected chi connectivity index (χ1v) is 5.63. The summed E-state index contributed by atoms with van der Waals surface area (Å²) in [5.74, 6) is -0.582. The largest absolute Gasteiger partial charge is 0.319 e. The highest BCUT2D eigenvalue weighted by Crippen LogP contribution is 2.18. The number of rotatable bonds is 5. The van der Waals surface area contributed by atoms with Crippen LogP contribution in [-0.4, -0.2) is 13.6 Å². The highest BCUT2D eigenvalue weighted by Gasteiger charge is 2.13. The van der Waals surface area contributed by atoms with Crippen LogP contribution in [-0.2, 0) is 6.42 Å².